The summed E-state index contributed by atoms with van der Waals surface area (Å²) in [6, 6.07) is 7.91. The number of thioether (sulfide) groups is 1. The van der Waals surface area contributed by atoms with E-state index in [1.807, 2.05) is 6.92 Å². The summed E-state index contributed by atoms with van der Waals surface area (Å²) in [6.45, 7) is 2.13. The van der Waals surface area contributed by atoms with E-state index in [0.29, 0.717) is 29.4 Å². The number of nitrogens with zero attached hydrogens (tertiary/aromatic N) is 1. The van der Waals surface area contributed by atoms with E-state index in [9.17, 15) is 14.4 Å². The van der Waals surface area contributed by atoms with E-state index in [1.54, 1.807) is 24.3 Å². The molecule has 0 saturated carbocycles. The normalized spacial score (nSPS) is 14.8. The number of aromatic carboxylic acids is 1. The second kappa shape index (κ2) is 9.24. The molecule has 2 amide bonds. The Labute approximate surface area is 176 Å². The van der Waals surface area contributed by atoms with Crippen LogP contribution < -0.4 is 9.47 Å². The number of imide groups is 1. The lowest BCUT2D eigenvalue weighted by atomic mass is 10.2. The van der Waals surface area contributed by atoms with Gasteiger partial charge in [0.2, 0.25) is 5.76 Å². The molecule has 0 bridgehead atoms. The number of carboxylic acids is 1. The van der Waals surface area contributed by atoms with E-state index < -0.39 is 17.1 Å². The summed E-state index contributed by atoms with van der Waals surface area (Å²) in [5, 5.41) is 8.50. The van der Waals surface area contributed by atoms with Gasteiger partial charge in [0.25, 0.3) is 11.1 Å². The number of ether oxygens (including phenoxy) is 2. The lowest BCUT2D eigenvalue weighted by Gasteiger charge is -2.12. The van der Waals surface area contributed by atoms with Crippen LogP contribution in [0.3, 0.4) is 0 Å². The highest BCUT2D eigenvalue weighted by Crippen LogP contribution is 2.34. The molecule has 0 atom stereocenters. The molecular formula is C21H17NO7S. The van der Waals surface area contributed by atoms with Crippen molar-refractivity contribution in [2.75, 3.05) is 13.2 Å². The van der Waals surface area contributed by atoms with Gasteiger partial charge in [-0.15, -0.1) is 6.42 Å². The van der Waals surface area contributed by atoms with Gasteiger partial charge in [0.05, 0.1) is 18.1 Å². The second-order valence-electron chi connectivity index (χ2n) is 5.97. The molecule has 154 valence electrons. The monoisotopic (exact) mass is 427 g/mol. The van der Waals surface area contributed by atoms with Crippen molar-refractivity contribution in [3.63, 3.8) is 0 Å². The van der Waals surface area contributed by atoms with E-state index in [2.05, 4.69) is 5.92 Å². The first-order valence-electron chi connectivity index (χ1n) is 8.83. The average Bonchev–Trinajstić information content (AvgIpc) is 3.29. The van der Waals surface area contributed by atoms with Crippen molar-refractivity contribution in [3.8, 4) is 23.8 Å². The fourth-order valence-corrected chi connectivity index (χ4v) is 3.44. The third-order valence-electron chi connectivity index (χ3n) is 3.93. The zero-order chi connectivity index (χ0) is 21.7. The Hall–Kier alpha value is -3.64. The molecule has 1 aromatic heterocycles. The Morgan fingerprint density at radius 2 is 2.07 bits per heavy atom. The summed E-state index contributed by atoms with van der Waals surface area (Å²) in [5.74, 6) is 1.72. The molecule has 0 radical (unpaired) electrons. The third kappa shape index (κ3) is 4.67. The summed E-state index contributed by atoms with van der Waals surface area (Å²) in [6.07, 6.45) is 6.78. The molecule has 1 saturated heterocycles. The number of furan rings is 1. The minimum Gasteiger partial charge on any atom is -0.490 e. The maximum atomic E-state index is 12.3. The first-order valence-corrected chi connectivity index (χ1v) is 9.65. The molecule has 8 nitrogen and oxygen atoms in total. The number of rotatable bonds is 8. The predicted molar refractivity (Wildman–Crippen MR) is 109 cm³/mol. The molecule has 30 heavy (non-hydrogen) atoms. The highest BCUT2D eigenvalue weighted by Gasteiger charge is 2.34. The molecule has 9 heteroatoms. The van der Waals surface area contributed by atoms with Gasteiger partial charge in [-0.25, -0.2) is 4.79 Å². The maximum absolute atomic E-state index is 12.3. The molecule has 2 aromatic rings. The zero-order valence-corrected chi connectivity index (χ0v) is 16.7. The van der Waals surface area contributed by atoms with Crippen LogP contribution in [0.15, 0.2) is 39.7 Å². The maximum Gasteiger partial charge on any atom is 0.371 e. The molecule has 1 aliphatic rings. The Kier molecular flexibility index (Phi) is 6.49. The van der Waals surface area contributed by atoms with E-state index >= 15 is 0 Å². The van der Waals surface area contributed by atoms with Crippen molar-refractivity contribution < 1.29 is 33.4 Å². The number of carbonyl (C=O) groups excluding carboxylic acids is 2. The van der Waals surface area contributed by atoms with Gasteiger partial charge in [-0.3, -0.25) is 14.5 Å². The highest BCUT2D eigenvalue weighted by molar-refractivity contribution is 8.18. The van der Waals surface area contributed by atoms with Crippen molar-refractivity contribution >= 4 is 35.0 Å². The van der Waals surface area contributed by atoms with Crippen LogP contribution in [0.25, 0.3) is 6.08 Å². The fraction of sp³-hybridized carbons (Fsp3) is 0.190. The molecule has 0 spiro atoms. The number of amides is 2. The van der Waals surface area contributed by atoms with Crippen LogP contribution in [0.2, 0.25) is 0 Å². The number of carbonyl (C=O) groups is 3. The largest absolute Gasteiger partial charge is 0.490 e. The van der Waals surface area contributed by atoms with Gasteiger partial charge in [-0.2, -0.15) is 0 Å². The molecule has 1 aromatic carbocycles. The molecule has 3 rings (SSSR count). The first kappa shape index (κ1) is 21.1. The SMILES string of the molecule is C#CCN1C(=O)SC(=Cc2ccc(OCc3ccc(C(=O)O)o3)c(OCC)c2)C1=O. The first-order chi connectivity index (χ1) is 14.4. The smallest absolute Gasteiger partial charge is 0.371 e. The average molecular weight is 427 g/mol. The van der Waals surface area contributed by atoms with Crippen molar-refractivity contribution in [1.29, 1.82) is 0 Å². The van der Waals surface area contributed by atoms with Crippen molar-refractivity contribution in [2.45, 2.75) is 13.5 Å². The van der Waals surface area contributed by atoms with Crippen LogP contribution in [0, 0.1) is 12.3 Å². The van der Waals surface area contributed by atoms with Crippen molar-refractivity contribution in [3.05, 3.63) is 52.3 Å². The lowest BCUT2D eigenvalue weighted by molar-refractivity contribution is -0.122. The van der Waals surface area contributed by atoms with Gasteiger partial charge < -0.3 is 19.0 Å². The van der Waals surface area contributed by atoms with Crippen LogP contribution >= 0.6 is 11.8 Å². The topological polar surface area (TPSA) is 106 Å². The van der Waals surface area contributed by atoms with Gasteiger partial charge in [-0.05, 0) is 54.6 Å². The number of hydrogen-bond acceptors (Lipinski definition) is 7. The Morgan fingerprint density at radius 1 is 1.27 bits per heavy atom. The molecule has 0 aliphatic carbocycles. The van der Waals surface area contributed by atoms with Crippen molar-refractivity contribution in [2.24, 2.45) is 0 Å². The Bertz CT molecular complexity index is 1060. The molecule has 2 heterocycles. The Morgan fingerprint density at radius 3 is 2.73 bits per heavy atom. The van der Waals surface area contributed by atoms with Gasteiger partial charge in [0, 0.05) is 0 Å². The zero-order valence-electron chi connectivity index (χ0n) is 15.9. The summed E-state index contributed by atoms with van der Waals surface area (Å²) in [5.41, 5.74) is 0.642. The standard InChI is InChI=1S/C21H17NO7S/c1-3-9-22-19(23)18(30-21(22)26)11-13-5-7-15(17(10-13)27-4-2)28-12-14-6-8-16(29-14)20(24)25/h1,5-8,10-11H,4,9,12H2,2H3,(H,24,25). The van der Waals surface area contributed by atoms with Gasteiger partial charge in [0.1, 0.15) is 12.4 Å². The van der Waals surface area contributed by atoms with Gasteiger partial charge >= 0.3 is 5.97 Å². The van der Waals surface area contributed by atoms with Crippen LogP contribution in [0.1, 0.15) is 28.8 Å². The van der Waals surface area contributed by atoms with Crippen LogP contribution in [0.4, 0.5) is 4.79 Å². The van der Waals surface area contributed by atoms with Crippen LogP contribution in [-0.4, -0.2) is 40.3 Å². The van der Waals surface area contributed by atoms with Gasteiger partial charge in [0.15, 0.2) is 11.5 Å². The van der Waals surface area contributed by atoms with E-state index in [-0.39, 0.29) is 23.8 Å². The lowest BCUT2D eigenvalue weighted by Crippen LogP contribution is -2.28. The quantitative estimate of drug-likeness (QED) is 0.503. The van der Waals surface area contributed by atoms with Crippen LogP contribution in [0.5, 0.6) is 11.5 Å². The summed E-state index contributed by atoms with van der Waals surface area (Å²) in [4.78, 5) is 36.4. The minimum atomic E-state index is -1.16. The van der Waals surface area contributed by atoms with Crippen molar-refractivity contribution in [1.82, 2.24) is 4.90 Å². The molecule has 1 aliphatic heterocycles. The number of hydrogen-bond donors (Lipinski definition) is 1. The van der Waals surface area contributed by atoms with E-state index in [1.165, 1.54) is 12.1 Å². The summed E-state index contributed by atoms with van der Waals surface area (Å²) < 4.78 is 16.5. The van der Waals surface area contributed by atoms with Crippen LogP contribution in [-0.2, 0) is 11.4 Å². The molecule has 1 N–H and O–H groups in total. The number of benzene rings is 1. The molecular weight excluding hydrogens is 410 g/mol. The Balaban J connectivity index is 1.78. The second-order valence-corrected chi connectivity index (χ2v) is 6.96. The summed E-state index contributed by atoms with van der Waals surface area (Å²) >= 11 is 0.823. The minimum absolute atomic E-state index is 0.0116. The van der Waals surface area contributed by atoms with E-state index in [0.717, 1.165) is 16.7 Å². The van der Waals surface area contributed by atoms with E-state index in [4.69, 9.17) is 25.4 Å². The number of carboxylic acid groups (broad SMARTS) is 1. The highest BCUT2D eigenvalue weighted by atomic mass is 32.2. The molecule has 0 unspecified atom stereocenters. The number of terminal acetylenes is 1. The predicted octanol–water partition coefficient (Wildman–Crippen LogP) is 3.63. The summed E-state index contributed by atoms with van der Waals surface area (Å²) in [7, 11) is 0. The molecule has 1 fully saturated rings. The van der Waals surface area contributed by atoms with Gasteiger partial charge in [-0.1, -0.05) is 12.0 Å². The fourth-order valence-electron chi connectivity index (χ4n) is 2.60. The third-order valence-corrected chi connectivity index (χ3v) is 4.84.